The van der Waals surface area contributed by atoms with Crippen LogP contribution in [0.5, 0.6) is 0 Å². The third kappa shape index (κ3) is 4.45. The van der Waals surface area contributed by atoms with Crippen molar-refractivity contribution in [3.05, 3.63) is 29.3 Å². The minimum Gasteiger partial charge on any atom is -0.334 e. The molecule has 2 rings (SSSR count). The van der Waals surface area contributed by atoms with Crippen molar-refractivity contribution in [2.24, 2.45) is 11.8 Å². The Hall–Kier alpha value is -1.06. The molecule has 4 atom stereocenters. The third-order valence-corrected chi connectivity index (χ3v) is 5.05. The minimum absolute atomic E-state index is 0.0442. The molecule has 1 aromatic carbocycles. The summed E-state index contributed by atoms with van der Waals surface area (Å²) in [4.78, 5) is 12.3. The van der Waals surface area contributed by atoms with Crippen LogP contribution in [0.25, 0.3) is 0 Å². The Morgan fingerprint density at radius 1 is 1.38 bits per heavy atom. The largest absolute Gasteiger partial charge is 0.334 e. The van der Waals surface area contributed by atoms with Crippen LogP contribution in [0.4, 0.5) is 5.69 Å². The van der Waals surface area contributed by atoms with E-state index in [9.17, 15) is 4.79 Å². The van der Waals surface area contributed by atoms with Crippen LogP contribution in [-0.4, -0.2) is 18.0 Å². The van der Waals surface area contributed by atoms with Gasteiger partial charge in [-0.25, -0.2) is 0 Å². The van der Waals surface area contributed by atoms with Crippen LogP contribution >= 0.6 is 11.6 Å². The van der Waals surface area contributed by atoms with E-state index in [4.69, 9.17) is 11.6 Å². The standard InChI is InChI=1S/C17H25ClN2O/c1-11-6-4-9-16(12(11)2)19-13(3)17(21)20-15-8-5-7-14(18)10-15/h5,7-8,10-13,16,19H,4,6,9H2,1-3H3,(H,20,21)/p+1/t11-,12-,13+,16-/m1/s1. The second-order valence-corrected chi connectivity index (χ2v) is 6.85. The molecule has 1 aliphatic rings. The van der Waals surface area contributed by atoms with E-state index in [-0.39, 0.29) is 11.9 Å². The summed E-state index contributed by atoms with van der Waals surface area (Å²) >= 11 is 5.94. The van der Waals surface area contributed by atoms with Gasteiger partial charge in [0, 0.05) is 16.6 Å². The molecule has 1 aliphatic carbocycles. The van der Waals surface area contributed by atoms with Gasteiger partial charge in [0.05, 0.1) is 6.04 Å². The van der Waals surface area contributed by atoms with Crippen LogP contribution in [0, 0.1) is 11.8 Å². The summed E-state index contributed by atoms with van der Waals surface area (Å²) in [6, 6.07) is 7.75. The minimum atomic E-state index is -0.0817. The van der Waals surface area contributed by atoms with E-state index in [2.05, 4.69) is 24.5 Å². The maximum Gasteiger partial charge on any atom is 0.282 e. The highest BCUT2D eigenvalue weighted by Crippen LogP contribution is 2.27. The number of nitrogens with one attached hydrogen (secondary N) is 1. The highest BCUT2D eigenvalue weighted by atomic mass is 35.5. The van der Waals surface area contributed by atoms with Crippen molar-refractivity contribution in [3.8, 4) is 0 Å². The molecule has 1 fully saturated rings. The lowest BCUT2D eigenvalue weighted by Crippen LogP contribution is -2.97. The molecule has 1 aromatic rings. The maximum absolute atomic E-state index is 12.3. The van der Waals surface area contributed by atoms with E-state index < -0.39 is 0 Å². The van der Waals surface area contributed by atoms with Gasteiger partial charge < -0.3 is 10.6 Å². The Labute approximate surface area is 132 Å². The molecule has 21 heavy (non-hydrogen) atoms. The first-order valence-electron chi connectivity index (χ1n) is 7.89. The number of carbonyl (C=O) groups excluding carboxylic acids is 1. The molecule has 0 spiro atoms. The number of quaternary nitrogens is 1. The van der Waals surface area contributed by atoms with Gasteiger partial charge >= 0.3 is 0 Å². The molecule has 0 aromatic heterocycles. The molecule has 3 N–H and O–H groups in total. The van der Waals surface area contributed by atoms with Crippen LogP contribution in [0.2, 0.25) is 5.02 Å². The fourth-order valence-electron chi connectivity index (χ4n) is 3.18. The quantitative estimate of drug-likeness (QED) is 0.882. The van der Waals surface area contributed by atoms with Crippen molar-refractivity contribution in [2.45, 2.75) is 52.1 Å². The summed E-state index contributed by atoms with van der Waals surface area (Å²) in [6.07, 6.45) is 3.80. The van der Waals surface area contributed by atoms with Crippen molar-refractivity contribution in [1.29, 1.82) is 0 Å². The summed E-state index contributed by atoms with van der Waals surface area (Å²) in [5.74, 6) is 1.46. The van der Waals surface area contributed by atoms with Gasteiger partial charge in [-0.15, -0.1) is 0 Å². The van der Waals surface area contributed by atoms with Crippen LogP contribution in [0.3, 0.4) is 0 Å². The van der Waals surface area contributed by atoms with Gasteiger partial charge in [0.2, 0.25) is 0 Å². The lowest BCUT2D eigenvalue weighted by Gasteiger charge is -2.33. The Morgan fingerprint density at radius 2 is 2.14 bits per heavy atom. The molecule has 0 saturated heterocycles. The molecule has 0 radical (unpaired) electrons. The topological polar surface area (TPSA) is 45.7 Å². The van der Waals surface area contributed by atoms with Gasteiger partial charge in [0.25, 0.3) is 5.91 Å². The van der Waals surface area contributed by atoms with E-state index in [1.54, 1.807) is 12.1 Å². The first-order valence-corrected chi connectivity index (χ1v) is 8.26. The van der Waals surface area contributed by atoms with Gasteiger partial charge in [0.15, 0.2) is 6.04 Å². The smallest absolute Gasteiger partial charge is 0.282 e. The van der Waals surface area contributed by atoms with E-state index in [1.165, 1.54) is 19.3 Å². The molecule has 1 saturated carbocycles. The van der Waals surface area contributed by atoms with Gasteiger partial charge in [-0.3, -0.25) is 4.79 Å². The number of hydrogen-bond donors (Lipinski definition) is 2. The van der Waals surface area contributed by atoms with E-state index in [0.29, 0.717) is 17.0 Å². The number of benzene rings is 1. The normalized spacial score (nSPS) is 27.1. The molecule has 0 heterocycles. The monoisotopic (exact) mass is 309 g/mol. The van der Waals surface area contributed by atoms with Crippen molar-refractivity contribution in [3.63, 3.8) is 0 Å². The summed E-state index contributed by atoms with van der Waals surface area (Å²) in [5, 5.41) is 5.82. The average molecular weight is 310 g/mol. The zero-order valence-electron chi connectivity index (χ0n) is 13.1. The number of nitrogens with two attached hydrogens (primary N) is 1. The molecule has 3 nitrogen and oxygen atoms in total. The zero-order valence-corrected chi connectivity index (χ0v) is 13.9. The van der Waals surface area contributed by atoms with Crippen LogP contribution in [-0.2, 0) is 4.79 Å². The Bertz CT molecular complexity index is 491. The molecule has 0 unspecified atom stereocenters. The fraction of sp³-hybridized carbons (Fsp3) is 0.588. The number of rotatable bonds is 4. The SMILES string of the molecule is C[C@@H]1[C@H](C)CCC[C@H]1[NH2+][C@@H](C)C(=O)Nc1cccc(Cl)c1. The number of halogens is 1. The Kier molecular flexibility index (Phi) is 5.65. The number of carbonyl (C=O) groups is 1. The first kappa shape index (κ1) is 16.3. The first-order chi connectivity index (χ1) is 9.97. The lowest BCUT2D eigenvalue weighted by atomic mass is 9.78. The van der Waals surface area contributed by atoms with Crippen LogP contribution in [0.15, 0.2) is 24.3 Å². The van der Waals surface area contributed by atoms with Crippen LogP contribution < -0.4 is 10.6 Å². The number of anilines is 1. The molecule has 4 heteroatoms. The summed E-state index contributed by atoms with van der Waals surface area (Å²) in [6.45, 7) is 6.61. The van der Waals surface area contributed by atoms with Gasteiger partial charge in [-0.05, 0) is 50.3 Å². The Morgan fingerprint density at radius 3 is 2.86 bits per heavy atom. The molecule has 1 amide bonds. The second kappa shape index (κ2) is 7.28. The molecule has 116 valence electrons. The summed E-state index contributed by atoms with van der Waals surface area (Å²) in [7, 11) is 0. The summed E-state index contributed by atoms with van der Waals surface area (Å²) in [5.41, 5.74) is 0.762. The summed E-state index contributed by atoms with van der Waals surface area (Å²) < 4.78 is 0. The third-order valence-electron chi connectivity index (χ3n) is 4.81. The van der Waals surface area contributed by atoms with Crippen molar-refractivity contribution >= 4 is 23.2 Å². The average Bonchev–Trinajstić information content (AvgIpc) is 2.44. The lowest BCUT2D eigenvalue weighted by molar-refractivity contribution is -0.715. The molecular weight excluding hydrogens is 284 g/mol. The number of amides is 1. The van der Waals surface area contributed by atoms with Gasteiger partial charge in [0.1, 0.15) is 0 Å². The van der Waals surface area contributed by atoms with Crippen molar-refractivity contribution < 1.29 is 10.1 Å². The predicted octanol–water partition coefficient (Wildman–Crippen LogP) is 3.06. The fourth-order valence-corrected chi connectivity index (χ4v) is 3.37. The van der Waals surface area contributed by atoms with E-state index in [0.717, 1.165) is 11.6 Å². The maximum atomic E-state index is 12.3. The van der Waals surface area contributed by atoms with Crippen LogP contribution in [0.1, 0.15) is 40.0 Å². The molecule has 0 aliphatic heterocycles. The van der Waals surface area contributed by atoms with E-state index >= 15 is 0 Å². The highest BCUT2D eigenvalue weighted by Gasteiger charge is 2.32. The highest BCUT2D eigenvalue weighted by molar-refractivity contribution is 6.30. The molecular formula is C17H26ClN2O+. The second-order valence-electron chi connectivity index (χ2n) is 6.41. The van der Waals surface area contributed by atoms with Gasteiger partial charge in [-0.2, -0.15) is 0 Å². The van der Waals surface area contributed by atoms with E-state index in [1.807, 2.05) is 19.1 Å². The number of hydrogen-bond acceptors (Lipinski definition) is 1. The van der Waals surface area contributed by atoms with Gasteiger partial charge in [-0.1, -0.05) is 31.5 Å². The van der Waals surface area contributed by atoms with Crippen molar-refractivity contribution in [2.75, 3.05) is 5.32 Å². The predicted molar refractivity (Wildman–Crippen MR) is 87.4 cm³/mol. The molecule has 0 bridgehead atoms. The zero-order chi connectivity index (χ0) is 15.4. The van der Waals surface area contributed by atoms with Crippen molar-refractivity contribution in [1.82, 2.24) is 0 Å². The Balaban J connectivity index is 1.90.